The van der Waals surface area contributed by atoms with E-state index >= 15 is 0 Å². The molecule has 1 atom stereocenters. The third-order valence-electron chi connectivity index (χ3n) is 2.50. The summed E-state index contributed by atoms with van der Waals surface area (Å²) in [5.41, 5.74) is 1.28. The quantitative estimate of drug-likeness (QED) is 0.882. The molecule has 1 unspecified atom stereocenters. The van der Waals surface area contributed by atoms with Crippen molar-refractivity contribution < 1.29 is 4.74 Å². The Hall–Kier alpha value is -0.360. The van der Waals surface area contributed by atoms with Gasteiger partial charge in [-0.1, -0.05) is 6.92 Å². The van der Waals surface area contributed by atoms with Crippen LogP contribution in [-0.2, 0) is 0 Å². The molecule has 17 heavy (non-hydrogen) atoms. The molecule has 0 aromatic carbocycles. The van der Waals surface area contributed by atoms with Gasteiger partial charge in [0.25, 0.3) is 0 Å². The highest BCUT2D eigenvalue weighted by atomic mass is 79.9. The van der Waals surface area contributed by atoms with E-state index in [-0.39, 0.29) is 6.04 Å². The van der Waals surface area contributed by atoms with Crippen LogP contribution < -0.4 is 10.1 Å². The molecular formula is C12H14BrNOS2. The number of halogens is 1. The van der Waals surface area contributed by atoms with Crippen LogP contribution in [0.5, 0.6) is 5.75 Å². The third-order valence-corrected chi connectivity index (χ3v) is 5.22. The number of methoxy groups -OCH3 is 1. The molecule has 0 bridgehead atoms. The first-order valence-electron chi connectivity index (χ1n) is 5.34. The van der Waals surface area contributed by atoms with Gasteiger partial charge < -0.3 is 10.1 Å². The minimum atomic E-state index is 0.204. The fraction of sp³-hybridized carbons (Fsp3) is 0.333. The number of rotatable bonds is 5. The predicted molar refractivity (Wildman–Crippen MR) is 78.4 cm³/mol. The molecule has 0 saturated carbocycles. The van der Waals surface area contributed by atoms with Crippen molar-refractivity contribution in [3.63, 3.8) is 0 Å². The Kier molecular flexibility index (Phi) is 4.62. The van der Waals surface area contributed by atoms with Crippen LogP contribution in [0.15, 0.2) is 26.7 Å². The van der Waals surface area contributed by atoms with Crippen LogP contribution in [0.2, 0.25) is 0 Å². The number of nitrogens with one attached hydrogen (secondary N) is 1. The second-order valence-electron chi connectivity index (χ2n) is 3.52. The van der Waals surface area contributed by atoms with Gasteiger partial charge in [-0.3, -0.25) is 0 Å². The first kappa shape index (κ1) is 13.1. The molecule has 0 aliphatic heterocycles. The summed E-state index contributed by atoms with van der Waals surface area (Å²) in [5.74, 6) is 0.957. The van der Waals surface area contributed by atoms with E-state index in [0.717, 1.165) is 16.8 Å². The van der Waals surface area contributed by atoms with Crippen molar-refractivity contribution in [3.8, 4) is 5.75 Å². The van der Waals surface area contributed by atoms with Crippen LogP contribution in [0.4, 0.5) is 0 Å². The van der Waals surface area contributed by atoms with Crippen molar-refractivity contribution in [2.75, 3.05) is 13.7 Å². The lowest BCUT2D eigenvalue weighted by atomic mass is 10.1. The van der Waals surface area contributed by atoms with Crippen LogP contribution >= 0.6 is 38.6 Å². The molecule has 2 nitrogen and oxygen atoms in total. The van der Waals surface area contributed by atoms with Gasteiger partial charge in [0.05, 0.1) is 18.0 Å². The van der Waals surface area contributed by atoms with Gasteiger partial charge in [-0.05, 0) is 44.9 Å². The van der Waals surface area contributed by atoms with Gasteiger partial charge in [0, 0.05) is 9.85 Å². The third kappa shape index (κ3) is 2.73. The smallest absolute Gasteiger partial charge is 0.134 e. The molecule has 1 N–H and O–H groups in total. The first-order valence-corrected chi connectivity index (χ1v) is 7.95. The molecular weight excluding hydrogens is 318 g/mol. The zero-order chi connectivity index (χ0) is 12.3. The lowest BCUT2D eigenvalue weighted by Crippen LogP contribution is -2.21. The van der Waals surface area contributed by atoms with Gasteiger partial charge in [0.15, 0.2) is 0 Å². The molecule has 92 valence electrons. The molecule has 0 aliphatic carbocycles. The number of thiophene rings is 2. The summed E-state index contributed by atoms with van der Waals surface area (Å²) in [7, 11) is 1.72. The molecule has 0 aliphatic rings. The second-order valence-corrected chi connectivity index (χ2v) is 6.06. The summed E-state index contributed by atoms with van der Waals surface area (Å²) in [6, 6.07) is 2.22. The van der Waals surface area contributed by atoms with Crippen LogP contribution in [-0.4, -0.2) is 13.7 Å². The Morgan fingerprint density at radius 2 is 2.29 bits per heavy atom. The van der Waals surface area contributed by atoms with Crippen molar-refractivity contribution >= 4 is 38.6 Å². The topological polar surface area (TPSA) is 21.3 Å². The molecule has 2 heterocycles. The van der Waals surface area contributed by atoms with Crippen molar-refractivity contribution in [3.05, 3.63) is 37.1 Å². The number of hydrogen-bond donors (Lipinski definition) is 1. The van der Waals surface area contributed by atoms with Crippen molar-refractivity contribution in [2.24, 2.45) is 0 Å². The van der Waals surface area contributed by atoms with E-state index < -0.39 is 0 Å². The van der Waals surface area contributed by atoms with Crippen molar-refractivity contribution in [1.29, 1.82) is 0 Å². The van der Waals surface area contributed by atoms with Crippen LogP contribution in [0.1, 0.15) is 23.4 Å². The van der Waals surface area contributed by atoms with E-state index in [9.17, 15) is 0 Å². The first-order chi connectivity index (χ1) is 8.27. The fourth-order valence-electron chi connectivity index (χ4n) is 1.73. The minimum Gasteiger partial charge on any atom is -0.496 e. The van der Waals surface area contributed by atoms with Gasteiger partial charge in [-0.15, -0.1) is 11.3 Å². The number of hydrogen-bond acceptors (Lipinski definition) is 4. The average Bonchev–Trinajstić information content (AvgIpc) is 2.94. The highest BCUT2D eigenvalue weighted by Gasteiger charge is 2.21. The van der Waals surface area contributed by atoms with E-state index in [1.807, 2.05) is 6.07 Å². The van der Waals surface area contributed by atoms with E-state index in [1.165, 1.54) is 10.4 Å². The largest absolute Gasteiger partial charge is 0.496 e. The van der Waals surface area contributed by atoms with Gasteiger partial charge in [-0.25, -0.2) is 0 Å². The Morgan fingerprint density at radius 1 is 1.47 bits per heavy atom. The summed E-state index contributed by atoms with van der Waals surface area (Å²) in [6.45, 7) is 3.04. The van der Waals surface area contributed by atoms with Crippen LogP contribution in [0, 0.1) is 0 Å². The molecule has 2 aromatic rings. The molecule has 0 fully saturated rings. The van der Waals surface area contributed by atoms with E-state index in [4.69, 9.17) is 4.74 Å². The summed E-state index contributed by atoms with van der Waals surface area (Å²) in [5, 5.41) is 9.87. The summed E-state index contributed by atoms with van der Waals surface area (Å²) in [4.78, 5) is 1.23. The summed E-state index contributed by atoms with van der Waals surface area (Å²) in [6.07, 6.45) is 0. The molecule has 0 amide bonds. The SMILES string of the molecule is CCNC(c1cscc1Br)c1sccc1OC. The van der Waals surface area contributed by atoms with Gasteiger partial charge >= 0.3 is 0 Å². The Balaban J connectivity index is 2.39. The number of ether oxygens (including phenoxy) is 1. The maximum atomic E-state index is 5.41. The molecule has 0 radical (unpaired) electrons. The van der Waals surface area contributed by atoms with E-state index in [2.05, 4.69) is 44.3 Å². The summed E-state index contributed by atoms with van der Waals surface area (Å²) >= 11 is 7.04. The van der Waals surface area contributed by atoms with Crippen LogP contribution in [0.25, 0.3) is 0 Å². The average molecular weight is 332 g/mol. The monoisotopic (exact) mass is 331 g/mol. The van der Waals surface area contributed by atoms with Gasteiger partial charge in [0.2, 0.25) is 0 Å². The lowest BCUT2D eigenvalue weighted by Gasteiger charge is -2.17. The molecule has 2 aromatic heterocycles. The highest BCUT2D eigenvalue weighted by molar-refractivity contribution is 9.10. The fourth-order valence-corrected chi connectivity index (χ4v) is 4.24. The second kappa shape index (κ2) is 6.00. The van der Waals surface area contributed by atoms with E-state index in [1.54, 1.807) is 29.8 Å². The zero-order valence-corrected chi connectivity index (χ0v) is 12.9. The van der Waals surface area contributed by atoms with Crippen molar-refractivity contribution in [2.45, 2.75) is 13.0 Å². The Bertz CT molecular complexity index is 480. The Morgan fingerprint density at radius 3 is 2.88 bits per heavy atom. The summed E-state index contributed by atoms with van der Waals surface area (Å²) < 4.78 is 6.57. The lowest BCUT2D eigenvalue weighted by molar-refractivity contribution is 0.408. The maximum Gasteiger partial charge on any atom is 0.134 e. The normalized spacial score (nSPS) is 12.6. The molecule has 2 rings (SSSR count). The Labute approximate surface area is 118 Å². The molecule has 5 heteroatoms. The van der Waals surface area contributed by atoms with Crippen molar-refractivity contribution in [1.82, 2.24) is 5.32 Å². The minimum absolute atomic E-state index is 0.204. The maximum absolute atomic E-state index is 5.41. The highest BCUT2D eigenvalue weighted by Crippen LogP contribution is 2.38. The van der Waals surface area contributed by atoms with Gasteiger partial charge in [-0.2, -0.15) is 11.3 Å². The standard InChI is InChI=1S/C12H14BrNOS2/c1-3-14-11(8-6-16-7-9(8)13)12-10(15-2)4-5-17-12/h4-7,11,14H,3H2,1-2H3. The molecule has 0 saturated heterocycles. The predicted octanol–water partition coefficient (Wildman–Crippen LogP) is 4.28. The van der Waals surface area contributed by atoms with E-state index in [0.29, 0.717) is 0 Å². The van der Waals surface area contributed by atoms with Gasteiger partial charge in [0.1, 0.15) is 5.75 Å². The molecule has 0 spiro atoms. The zero-order valence-electron chi connectivity index (χ0n) is 9.70. The van der Waals surface area contributed by atoms with Crippen LogP contribution in [0.3, 0.4) is 0 Å².